The van der Waals surface area contributed by atoms with Crippen LogP contribution < -0.4 is 10.6 Å². The molecular weight excluding hydrogens is 244 g/mol. The first kappa shape index (κ1) is 13.9. The summed E-state index contributed by atoms with van der Waals surface area (Å²) in [6.45, 7) is 6.63. The Morgan fingerprint density at radius 2 is 1.85 bits per heavy atom. The highest BCUT2D eigenvalue weighted by Gasteiger charge is 2.41. The van der Waals surface area contributed by atoms with Crippen LogP contribution in [-0.4, -0.2) is 13.1 Å². The first-order chi connectivity index (χ1) is 9.70. The van der Waals surface area contributed by atoms with Gasteiger partial charge in [-0.25, -0.2) is 0 Å². The molecule has 1 fully saturated rings. The van der Waals surface area contributed by atoms with Crippen LogP contribution in [0.4, 0.5) is 5.69 Å². The van der Waals surface area contributed by atoms with Crippen LogP contribution in [0.25, 0.3) is 0 Å². The minimum atomic E-state index is 0.252. The van der Waals surface area contributed by atoms with E-state index in [0.717, 1.165) is 19.5 Å². The Balaban J connectivity index is 2.05. The number of rotatable bonds is 3. The predicted molar refractivity (Wildman–Crippen MR) is 86.3 cm³/mol. The summed E-state index contributed by atoms with van der Waals surface area (Å²) in [6, 6.07) is 7.31. The van der Waals surface area contributed by atoms with Crippen molar-refractivity contribution in [3.05, 3.63) is 29.3 Å². The maximum absolute atomic E-state index is 6.37. The third kappa shape index (κ3) is 2.14. The van der Waals surface area contributed by atoms with Crippen molar-refractivity contribution in [3.8, 4) is 0 Å². The topological polar surface area (TPSA) is 29.3 Å². The number of nitrogens with two attached hydrogens (primary N) is 1. The molecule has 2 heteroatoms. The van der Waals surface area contributed by atoms with Gasteiger partial charge < -0.3 is 10.6 Å². The van der Waals surface area contributed by atoms with Crippen molar-refractivity contribution in [2.24, 2.45) is 5.73 Å². The molecule has 0 bridgehead atoms. The van der Waals surface area contributed by atoms with Gasteiger partial charge in [0, 0.05) is 24.8 Å². The lowest BCUT2D eigenvalue weighted by atomic mass is 9.67. The number of benzene rings is 1. The van der Waals surface area contributed by atoms with E-state index in [-0.39, 0.29) is 6.04 Å². The van der Waals surface area contributed by atoms with Crippen molar-refractivity contribution in [1.82, 2.24) is 0 Å². The molecule has 20 heavy (non-hydrogen) atoms. The number of hydrogen-bond acceptors (Lipinski definition) is 2. The largest absolute Gasteiger partial charge is 0.372 e. The molecule has 0 amide bonds. The Kier molecular flexibility index (Phi) is 3.76. The molecular formula is C18H28N2. The van der Waals surface area contributed by atoms with Gasteiger partial charge in [0.15, 0.2) is 0 Å². The molecule has 0 saturated heterocycles. The summed E-state index contributed by atoms with van der Waals surface area (Å²) in [6.07, 6.45) is 7.98. The predicted octanol–water partition coefficient (Wildman–Crippen LogP) is 4.14. The van der Waals surface area contributed by atoms with Crippen LogP contribution in [-0.2, 0) is 5.41 Å². The third-order valence-corrected chi connectivity index (χ3v) is 5.63. The molecule has 2 aliphatic carbocycles. The normalized spacial score (nSPS) is 23.9. The first-order valence-electron chi connectivity index (χ1n) is 8.35. The second-order valence-corrected chi connectivity index (χ2v) is 6.58. The lowest BCUT2D eigenvalue weighted by Crippen LogP contribution is -2.33. The summed E-state index contributed by atoms with van der Waals surface area (Å²) in [4.78, 5) is 2.45. The third-order valence-electron chi connectivity index (χ3n) is 5.63. The van der Waals surface area contributed by atoms with Crippen LogP contribution in [0, 0.1) is 0 Å². The van der Waals surface area contributed by atoms with Crippen molar-refractivity contribution >= 4 is 5.69 Å². The molecule has 2 N–H and O–H groups in total. The van der Waals surface area contributed by atoms with Crippen LogP contribution in [0.15, 0.2) is 18.2 Å². The van der Waals surface area contributed by atoms with Crippen molar-refractivity contribution in [3.63, 3.8) is 0 Å². The SMILES string of the molecule is CCN(CC)c1ccc2c(c1)C1(CCCC1)CCC2N. The second kappa shape index (κ2) is 5.40. The summed E-state index contributed by atoms with van der Waals surface area (Å²) in [5, 5.41) is 0. The van der Waals surface area contributed by atoms with Gasteiger partial charge in [0.2, 0.25) is 0 Å². The van der Waals surface area contributed by atoms with Gasteiger partial charge in [-0.1, -0.05) is 18.9 Å². The Bertz CT molecular complexity index is 470. The van der Waals surface area contributed by atoms with Gasteiger partial charge in [-0.3, -0.25) is 0 Å². The highest BCUT2D eigenvalue weighted by atomic mass is 15.1. The van der Waals surface area contributed by atoms with Crippen molar-refractivity contribution < 1.29 is 0 Å². The molecule has 110 valence electrons. The van der Waals surface area contributed by atoms with E-state index < -0.39 is 0 Å². The maximum Gasteiger partial charge on any atom is 0.0369 e. The van der Waals surface area contributed by atoms with E-state index >= 15 is 0 Å². The molecule has 1 spiro atoms. The fraction of sp³-hybridized carbons (Fsp3) is 0.667. The van der Waals surface area contributed by atoms with Crippen LogP contribution in [0.3, 0.4) is 0 Å². The quantitative estimate of drug-likeness (QED) is 0.896. The summed E-state index contributed by atoms with van der Waals surface area (Å²) in [7, 11) is 0. The Morgan fingerprint density at radius 1 is 1.15 bits per heavy atom. The molecule has 3 rings (SSSR count). The second-order valence-electron chi connectivity index (χ2n) is 6.58. The first-order valence-corrected chi connectivity index (χ1v) is 8.35. The minimum absolute atomic E-state index is 0.252. The average Bonchev–Trinajstić information content (AvgIpc) is 2.94. The summed E-state index contributed by atoms with van der Waals surface area (Å²) in [5.41, 5.74) is 11.2. The zero-order valence-corrected chi connectivity index (χ0v) is 13.0. The molecule has 1 aromatic carbocycles. The van der Waals surface area contributed by atoms with E-state index in [0.29, 0.717) is 5.41 Å². The van der Waals surface area contributed by atoms with Gasteiger partial charge in [0.05, 0.1) is 0 Å². The van der Waals surface area contributed by atoms with Gasteiger partial charge in [-0.15, -0.1) is 0 Å². The minimum Gasteiger partial charge on any atom is -0.372 e. The maximum atomic E-state index is 6.37. The molecule has 2 aliphatic rings. The van der Waals surface area contributed by atoms with Crippen LogP contribution >= 0.6 is 0 Å². The average molecular weight is 272 g/mol. The molecule has 2 nitrogen and oxygen atoms in total. The molecule has 0 radical (unpaired) electrons. The van der Waals surface area contributed by atoms with Gasteiger partial charge in [0.1, 0.15) is 0 Å². The van der Waals surface area contributed by atoms with E-state index in [1.807, 2.05) is 0 Å². The number of nitrogens with zero attached hydrogens (tertiary/aromatic N) is 1. The molecule has 0 aliphatic heterocycles. The number of fused-ring (bicyclic) bond motifs is 2. The van der Waals surface area contributed by atoms with Crippen LogP contribution in [0.2, 0.25) is 0 Å². The van der Waals surface area contributed by atoms with Gasteiger partial charge in [-0.05, 0) is 68.2 Å². The number of anilines is 1. The van der Waals surface area contributed by atoms with E-state index in [9.17, 15) is 0 Å². The molecule has 1 atom stereocenters. The smallest absolute Gasteiger partial charge is 0.0369 e. The standard InChI is InChI=1S/C18H28N2/c1-3-20(4-2)14-7-8-15-16(13-14)18(10-5-6-11-18)12-9-17(15)19/h7-8,13,17H,3-6,9-12,19H2,1-2H3. The van der Waals surface area contributed by atoms with Gasteiger partial charge in [0.25, 0.3) is 0 Å². The van der Waals surface area contributed by atoms with Gasteiger partial charge >= 0.3 is 0 Å². The summed E-state index contributed by atoms with van der Waals surface area (Å²) >= 11 is 0. The lowest BCUT2D eigenvalue weighted by Gasteiger charge is -2.39. The molecule has 1 saturated carbocycles. The van der Waals surface area contributed by atoms with Gasteiger partial charge in [-0.2, -0.15) is 0 Å². The Labute approximate surface area is 123 Å². The highest BCUT2D eigenvalue weighted by Crippen LogP contribution is 2.51. The highest BCUT2D eigenvalue weighted by molar-refractivity contribution is 5.54. The Hall–Kier alpha value is -1.02. The Morgan fingerprint density at radius 3 is 2.50 bits per heavy atom. The van der Waals surface area contributed by atoms with Crippen molar-refractivity contribution in [2.75, 3.05) is 18.0 Å². The van der Waals surface area contributed by atoms with Crippen molar-refractivity contribution in [2.45, 2.75) is 63.8 Å². The zero-order chi connectivity index (χ0) is 14.2. The summed E-state index contributed by atoms with van der Waals surface area (Å²) < 4.78 is 0. The van der Waals surface area contributed by atoms with Crippen molar-refractivity contribution in [1.29, 1.82) is 0 Å². The fourth-order valence-electron chi connectivity index (χ4n) is 4.41. The van der Waals surface area contributed by atoms with E-state index in [1.165, 1.54) is 43.4 Å². The molecule has 1 unspecified atom stereocenters. The summed E-state index contributed by atoms with van der Waals surface area (Å²) in [5.74, 6) is 0. The fourth-order valence-corrected chi connectivity index (χ4v) is 4.41. The monoisotopic (exact) mass is 272 g/mol. The van der Waals surface area contributed by atoms with Crippen LogP contribution in [0.5, 0.6) is 0 Å². The zero-order valence-electron chi connectivity index (χ0n) is 13.0. The van der Waals surface area contributed by atoms with E-state index in [1.54, 1.807) is 5.56 Å². The molecule has 1 aromatic rings. The molecule has 0 heterocycles. The van der Waals surface area contributed by atoms with E-state index in [2.05, 4.69) is 36.9 Å². The van der Waals surface area contributed by atoms with Crippen LogP contribution in [0.1, 0.15) is 69.5 Å². The molecule has 0 aromatic heterocycles. The number of hydrogen-bond donors (Lipinski definition) is 1. The lowest BCUT2D eigenvalue weighted by molar-refractivity contribution is 0.344. The van der Waals surface area contributed by atoms with E-state index in [4.69, 9.17) is 5.73 Å².